The van der Waals surface area contributed by atoms with Gasteiger partial charge in [-0.2, -0.15) is 18.3 Å². The zero-order chi connectivity index (χ0) is 21.6. The highest BCUT2D eigenvalue weighted by atomic mass is 19.4. The molecule has 0 fully saturated rings. The van der Waals surface area contributed by atoms with Crippen molar-refractivity contribution in [2.24, 2.45) is 5.10 Å². The maximum absolute atomic E-state index is 12.8. The number of hydrazone groups is 1. The van der Waals surface area contributed by atoms with Crippen LogP contribution in [0.15, 0.2) is 77.9 Å². The first-order valence-corrected chi connectivity index (χ1v) is 8.83. The molecule has 0 atom stereocenters. The Kier molecular flexibility index (Phi) is 6.36. The number of phenols is 1. The van der Waals surface area contributed by atoms with Crippen LogP contribution < -0.4 is 10.2 Å². The number of carbonyl (C=O) groups excluding carboxylic acids is 1. The Labute approximate surface area is 170 Å². The molecule has 5 nitrogen and oxygen atoms in total. The van der Waals surface area contributed by atoms with E-state index in [2.05, 4.69) is 10.5 Å². The largest absolute Gasteiger partial charge is 0.508 e. The van der Waals surface area contributed by atoms with E-state index in [4.69, 9.17) is 4.74 Å². The van der Waals surface area contributed by atoms with Crippen LogP contribution in [0, 0.1) is 0 Å². The fourth-order valence-electron chi connectivity index (χ4n) is 2.53. The number of aromatic hydroxyl groups is 1. The normalized spacial score (nSPS) is 11.4. The molecule has 154 valence electrons. The van der Waals surface area contributed by atoms with Gasteiger partial charge >= 0.3 is 6.18 Å². The van der Waals surface area contributed by atoms with Crippen molar-refractivity contribution in [3.63, 3.8) is 0 Å². The summed E-state index contributed by atoms with van der Waals surface area (Å²) in [6.07, 6.45) is -2.99. The molecule has 3 rings (SSSR count). The zero-order valence-electron chi connectivity index (χ0n) is 15.6. The number of amides is 1. The van der Waals surface area contributed by atoms with Crippen molar-refractivity contribution in [3.05, 3.63) is 95.1 Å². The highest BCUT2D eigenvalue weighted by Gasteiger charge is 2.30. The van der Waals surface area contributed by atoms with Gasteiger partial charge in [0, 0.05) is 5.56 Å². The van der Waals surface area contributed by atoms with Crippen molar-refractivity contribution in [2.45, 2.75) is 12.8 Å². The fourth-order valence-corrected chi connectivity index (χ4v) is 2.53. The second kappa shape index (κ2) is 9.13. The first kappa shape index (κ1) is 20.9. The van der Waals surface area contributed by atoms with Gasteiger partial charge in [-0.3, -0.25) is 4.79 Å². The molecule has 3 aromatic carbocycles. The van der Waals surface area contributed by atoms with Gasteiger partial charge in [-0.1, -0.05) is 24.3 Å². The standard InChI is InChI=1S/C22H17F3N2O3/c23-22(24,25)18-5-1-4-16(11-18)14-30-20-6-2-3-15(12-20)13-26-27-21(29)17-7-9-19(28)10-8-17/h1-13,28H,14H2,(H,27,29)/b26-13+. The van der Waals surface area contributed by atoms with E-state index >= 15 is 0 Å². The predicted molar refractivity (Wildman–Crippen MR) is 105 cm³/mol. The number of hydrogen-bond acceptors (Lipinski definition) is 4. The van der Waals surface area contributed by atoms with Crippen molar-refractivity contribution in [2.75, 3.05) is 0 Å². The average Bonchev–Trinajstić information content (AvgIpc) is 2.73. The van der Waals surface area contributed by atoms with Crippen LogP contribution in [0.25, 0.3) is 0 Å². The van der Waals surface area contributed by atoms with Gasteiger partial charge in [0.1, 0.15) is 18.1 Å². The Bertz CT molecular complexity index is 1050. The van der Waals surface area contributed by atoms with Gasteiger partial charge < -0.3 is 9.84 Å². The van der Waals surface area contributed by atoms with E-state index in [0.29, 0.717) is 22.4 Å². The van der Waals surface area contributed by atoms with E-state index in [1.54, 1.807) is 30.3 Å². The van der Waals surface area contributed by atoms with E-state index in [0.717, 1.165) is 12.1 Å². The van der Waals surface area contributed by atoms with Crippen molar-refractivity contribution in [3.8, 4) is 11.5 Å². The summed E-state index contributed by atoms with van der Waals surface area (Å²) >= 11 is 0. The van der Waals surface area contributed by atoms with E-state index < -0.39 is 17.6 Å². The SMILES string of the molecule is O=C(N/N=C/c1cccc(OCc2cccc(C(F)(F)F)c2)c1)c1ccc(O)cc1. The lowest BCUT2D eigenvalue weighted by atomic mass is 10.1. The number of nitrogens with zero attached hydrogens (tertiary/aromatic N) is 1. The lowest BCUT2D eigenvalue weighted by molar-refractivity contribution is -0.137. The van der Waals surface area contributed by atoms with Crippen LogP contribution in [0.2, 0.25) is 0 Å². The first-order chi connectivity index (χ1) is 14.3. The Hall–Kier alpha value is -3.81. The Morgan fingerprint density at radius 3 is 2.50 bits per heavy atom. The molecule has 0 aliphatic rings. The third kappa shape index (κ3) is 5.84. The molecule has 3 aromatic rings. The van der Waals surface area contributed by atoms with Crippen LogP contribution >= 0.6 is 0 Å². The minimum atomic E-state index is -4.41. The number of ether oxygens (including phenoxy) is 1. The van der Waals surface area contributed by atoms with Crippen molar-refractivity contribution >= 4 is 12.1 Å². The van der Waals surface area contributed by atoms with E-state index in [9.17, 15) is 23.1 Å². The Morgan fingerprint density at radius 1 is 1.03 bits per heavy atom. The van der Waals surface area contributed by atoms with Crippen LogP contribution in [0.1, 0.15) is 27.0 Å². The quantitative estimate of drug-likeness (QED) is 0.452. The summed E-state index contributed by atoms with van der Waals surface area (Å²) in [6.45, 7) is -0.0257. The molecule has 0 aromatic heterocycles. The van der Waals surface area contributed by atoms with Crippen LogP contribution in [-0.4, -0.2) is 17.2 Å². The Morgan fingerprint density at radius 2 is 1.77 bits per heavy atom. The second-order valence-corrected chi connectivity index (χ2v) is 6.31. The van der Waals surface area contributed by atoms with Crippen molar-refractivity contribution < 1.29 is 27.8 Å². The number of carbonyl (C=O) groups is 1. The molecule has 0 saturated carbocycles. The van der Waals surface area contributed by atoms with Gasteiger partial charge in [0.05, 0.1) is 11.8 Å². The molecule has 2 N–H and O–H groups in total. The highest BCUT2D eigenvalue weighted by Crippen LogP contribution is 2.29. The smallest absolute Gasteiger partial charge is 0.416 e. The van der Waals surface area contributed by atoms with Crippen LogP contribution in [0.3, 0.4) is 0 Å². The third-order valence-electron chi connectivity index (χ3n) is 4.03. The fraction of sp³-hybridized carbons (Fsp3) is 0.0909. The molecule has 1 amide bonds. The monoisotopic (exact) mass is 414 g/mol. The number of halogens is 3. The molecule has 0 unspecified atom stereocenters. The molecular formula is C22H17F3N2O3. The lowest BCUT2D eigenvalue weighted by Gasteiger charge is -2.10. The number of benzene rings is 3. The number of phenolic OH excluding ortho intramolecular Hbond substituents is 1. The number of nitrogens with one attached hydrogen (secondary N) is 1. The van der Waals surface area contributed by atoms with E-state index in [1.807, 2.05) is 0 Å². The van der Waals surface area contributed by atoms with Gasteiger partial charge in [-0.25, -0.2) is 5.43 Å². The summed E-state index contributed by atoms with van der Waals surface area (Å²) in [5.41, 5.74) is 3.00. The average molecular weight is 414 g/mol. The summed E-state index contributed by atoms with van der Waals surface area (Å²) in [7, 11) is 0. The van der Waals surface area contributed by atoms with Crippen LogP contribution in [-0.2, 0) is 12.8 Å². The summed E-state index contributed by atoms with van der Waals surface area (Å²) in [6, 6.07) is 17.4. The van der Waals surface area contributed by atoms with Crippen molar-refractivity contribution in [1.82, 2.24) is 5.43 Å². The van der Waals surface area contributed by atoms with Gasteiger partial charge in [-0.05, 0) is 59.7 Å². The van der Waals surface area contributed by atoms with Crippen LogP contribution in [0.4, 0.5) is 13.2 Å². The molecule has 0 heterocycles. The van der Waals surface area contributed by atoms with Gasteiger partial charge in [0.15, 0.2) is 0 Å². The van der Waals surface area contributed by atoms with Crippen molar-refractivity contribution in [1.29, 1.82) is 0 Å². The van der Waals surface area contributed by atoms with Crippen LogP contribution in [0.5, 0.6) is 11.5 Å². The molecule has 0 aliphatic heterocycles. The summed E-state index contributed by atoms with van der Waals surface area (Å²) in [5.74, 6) is 0.0569. The van der Waals surface area contributed by atoms with E-state index in [1.165, 1.54) is 36.5 Å². The third-order valence-corrected chi connectivity index (χ3v) is 4.03. The zero-order valence-corrected chi connectivity index (χ0v) is 15.6. The molecule has 8 heteroatoms. The molecule has 30 heavy (non-hydrogen) atoms. The summed E-state index contributed by atoms with van der Waals surface area (Å²) in [5, 5.41) is 13.1. The number of hydrogen-bond donors (Lipinski definition) is 2. The first-order valence-electron chi connectivity index (χ1n) is 8.83. The maximum Gasteiger partial charge on any atom is 0.416 e. The van der Waals surface area contributed by atoms with Gasteiger partial charge in [-0.15, -0.1) is 0 Å². The van der Waals surface area contributed by atoms with Gasteiger partial charge in [0.2, 0.25) is 0 Å². The Balaban J connectivity index is 1.59. The number of rotatable bonds is 6. The minimum absolute atomic E-state index is 0.0257. The molecule has 0 aliphatic carbocycles. The predicted octanol–water partition coefficient (Wildman–Crippen LogP) is 4.75. The van der Waals surface area contributed by atoms with E-state index in [-0.39, 0.29) is 12.4 Å². The molecule has 0 saturated heterocycles. The molecule has 0 bridgehead atoms. The summed E-state index contributed by atoms with van der Waals surface area (Å²) < 4.78 is 43.9. The molecular weight excluding hydrogens is 397 g/mol. The highest BCUT2D eigenvalue weighted by molar-refractivity contribution is 5.95. The molecule has 0 spiro atoms. The topological polar surface area (TPSA) is 70.9 Å². The maximum atomic E-state index is 12.8. The van der Waals surface area contributed by atoms with Gasteiger partial charge in [0.25, 0.3) is 5.91 Å². The molecule has 0 radical (unpaired) electrons. The second-order valence-electron chi connectivity index (χ2n) is 6.31. The number of alkyl halides is 3. The summed E-state index contributed by atoms with van der Waals surface area (Å²) in [4.78, 5) is 12.0. The lowest BCUT2D eigenvalue weighted by Crippen LogP contribution is -2.17. The minimum Gasteiger partial charge on any atom is -0.508 e.